The Bertz CT molecular complexity index is 759. The molecular formula is C29H40FNO. The van der Waals surface area contributed by atoms with Crippen molar-refractivity contribution in [1.82, 2.24) is 0 Å². The average molecular weight is 438 g/mol. The van der Waals surface area contributed by atoms with Gasteiger partial charge in [0.1, 0.15) is 6.07 Å². The van der Waals surface area contributed by atoms with Gasteiger partial charge in [0.15, 0.2) is 5.83 Å². The first-order valence-corrected chi connectivity index (χ1v) is 12.8. The topological polar surface area (TPSA) is 33.0 Å². The van der Waals surface area contributed by atoms with E-state index in [4.69, 9.17) is 10.00 Å². The predicted molar refractivity (Wildman–Crippen MR) is 130 cm³/mol. The van der Waals surface area contributed by atoms with Gasteiger partial charge in [-0.05, 0) is 99.2 Å². The first kappa shape index (κ1) is 24.7. The van der Waals surface area contributed by atoms with Gasteiger partial charge in [0, 0.05) is 6.61 Å². The number of aryl methyl sites for hydroxylation is 1. The van der Waals surface area contributed by atoms with Crippen LogP contribution in [0.15, 0.2) is 48.3 Å². The Morgan fingerprint density at radius 1 is 1.03 bits per heavy atom. The third-order valence-corrected chi connectivity index (χ3v) is 7.39. The molecule has 0 aliphatic heterocycles. The molecule has 32 heavy (non-hydrogen) atoms. The second-order valence-electron chi connectivity index (χ2n) is 9.80. The monoisotopic (exact) mass is 437 g/mol. The van der Waals surface area contributed by atoms with Crippen LogP contribution in [0.3, 0.4) is 0 Å². The second-order valence-corrected chi connectivity index (χ2v) is 9.80. The number of halogens is 1. The van der Waals surface area contributed by atoms with E-state index in [-0.39, 0.29) is 0 Å². The van der Waals surface area contributed by atoms with Crippen molar-refractivity contribution >= 4 is 0 Å². The molecule has 1 aromatic rings. The summed E-state index contributed by atoms with van der Waals surface area (Å²) in [6.07, 6.45) is 19.9. The third kappa shape index (κ3) is 8.21. The number of hydrogen-bond acceptors (Lipinski definition) is 2. The highest BCUT2D eigenvalue weighted by Crippen LogP contribution is 2.37. The van der Waals surface area contributed by atoms with Crippen molar-refractivity contribution < 1.29 is 9.13 Å². The van der Waals surface area contributed by atoms with E-state index in [0.29, 0.717) is 17.9 Å². The summed E-state index contributed by atoms with van der Waals surface area (Å²) in [4.78, 5) is 0. The van der Waals surface area contributed by atoms with Crippen molar-refractivity contribution in [3.05, 3.63) is 59.4 Å². The molecule has 2 aliphatic carbocycles. The van der Waals surface area contributed by atoms with Crippen LogP contribution in [0.5, 0.6) is 0 Å². The summed E-state index contributed by atoms with van der Waals surface area (Å²) in [5.41, 5.74) is 3.01. The summed E-state index contributed by atoms with van der Waals surface area (Å²) in [6.45, 7) is 3.17. The molecule has 0 saturated heterocycles. The van der Waals surface area contributed by atoms with E-state index in [1.54, 1.807) is 6.08 Å². The van der Waals surface area contributed by atoms with Crippen LogP contribution in [0.1, 0.15) is 94.6 Å². The molecule has 0 spiro atoms. The van der Waals surface area contributed by atoms with Gasteiger partial charge in [-0.15, -0.1) is 0 Å². The number of hydrogen-bond donors (Lipinski definition) is 0. The Labute approximate surface area is 194 Å². The standard InChI is InChI=1S/C29H40FNO/c1-2-3-4-6-23-9-15-26(16-10-23)27-17-11-25(12-18-27)22-32-29-19-13-24(14-20-29)7-5-8-28(30)21-31/h5,7-10,15-16,24-25,27,29H,2-4,6,11-14,17-20,22H2,1H3. The molecule has 174 valence electrons. The van der Waals surface area contributed by atoms with E-state index in [9.17, 15) is 4.39 Å². The lowest BCUT2D eigenvalue weighted by Gasteiger charge is -2.32. The Morgan fingerprint density at radius 3 is 2.41 bits per heavy atom. The average Bonchev–Trinajstić information content (AvgIpc) is 2.84. The van der Waals surface area contributed by atoms with E-state index in [1.807, 2.05) is 6.08 Å². The SMILES string of the molecule is CCCCCc1ccc(C2CCC(COC3CCC(C=CC=C(F)C#N)CC3)CC2)cc1. The summed E-state index contributed by atoms with van der Waals surface area (Å²) in [7, 11) is 0. The fourth-order valence-electron chi connectivity index (χ4n) is 5.25. The minimum Gasteiger partial charge on any atom is -0.378 e. The van der Waals surface area contributed by atoms with Crippen LogP contribution >= 0.6 is 0 Å². The third-order valence-electron chi connectivity index (χ3n) is 7.39. The zero-order chi connectivity index (χ0) is 22.6. The molecule has 0 unspecified atom stereocenters. The van der Waals surface area contributed by atoms with E-state index in [2.05, 4.69) is 31.2 Å². The van der Waals surface area contributed by atoms with Crippen LogP contribution in [-0.2, 0) is 11.2 Å². The molecule has 3 heteroatoms. The summed E-state index contributed by atoms with van der Waals surface area (Å²) >= 11 is 0. The highest BCUT2D eigenvalue weighted by Gasteiger charge is 2.25. The number of rotatable bonds is 10. The number of nitriles is 1. The van der Waals surface area contributed by atoms with Gasteiger partial charge in [-0.3, -0.25) is 0 Å². The van der Waals surface area contributed by atoms with E-state index < -0.39 is 5.83 Å². The second kappa shape index (κ2) is 13.6. The summed E-state index contributed by atoms with van der Waals surface area (Å²) in [6, 6.07) is 11.0. The highest BCUT2D eigenvalue weighted by molar-refractivity contribution is 5.26. The number of ether oxygens (including phenoxy) is 1. The van der Waals surface area contributed by atoms with Gasteiger partial charge in [0.2, 0.25) is 0 Å². The number of allylic oxidation sites excluding steroid dienone is 4. The highest BCUT2D eigenvalue weighted by atomic mass is 19.1. The molecule has 1 aromatic carbocycles. The first-order chi connectivity index (χ1) is 15.7. The fraction of sp³-hybridized carbons (Fsp3) is 0.621. The lowest BCUT2D eigenvalue weighted by molar-refractivity contribution is -0.00456. The van der Waals surface area contributed by atoms with E-state index in [1.165, 1.54) is 74.6 Å². The van der Waals surface area contributed by atoms with Crippen LogP contribution in [0.2, 0.25) is 0 Å². The smallest absolute Gasteiger partial charge is 0.199 e. The molecule has 0 radical (unpaired) electrons. The fourth-order valence-corrected chi connectivity index (χ4v) is 5.25. The van der Waals surface area contributed by atoms with Crippen LogP contribution in [0.4, 0.5) is 4.39 Å². The Kier molecular flexibility index (Phi) is 10.5. The van der Waals surface area contributed by atoms with Crippen LogP contribution in [0.25, 0.3) is 0 Å². The number of nitrogens with zero attached hydrogens (tertiary/aromatic N) is 1. The predicted octanol–water partition coefficient (Wildman–Crippen LogP) is 8.20. The van der Waals surface area contributed by atoms with Crippen LogP contribution in [0, 0.1) is 23.2 Å². The van der Waals surface area contributed by atoms with E-state index >= 15 is 0 Å². The largest absolute Gasteiger partial charge is 0.378 e. The van der Waals surface area contributed by atoms with Crippen LogP contribution in [-0.4, -0.2) is 12.7 Å². The minimum atomic E-state index is -0.729. The van der Waals surface area contributed by atoms with Crippen molar-refractivity contribution in [3.8, 4) is 6.07 Å². The molecule has 0 heterocycles. The molecule has 2 aliphatic rings. The minimum absolute atomic E-state index is 0.379. The lowest BCUT2D eigenvalue weighted by Crippen LogP contribution is -2.25. The van der Waals surface area contributed by atoms with Crippen molar-refractivity contribution in [2.24, 2.45) is 11.8 Å². The normalized spacial score (nSPS) is 26.8. The molecule has 0 amide bonds. The van der Waals surface area contributed by atoms with Gasteiger partial charge >= 0.3 is 0 Å². The Balaban J connectivity index is 1.32. The maximum absolute atomic E-state index is 12.8. The summed E-state index contributed by atoms with van der Waals surface area (Å²) in [5.74, 6) is 1.17. The number of unbranched alkanes of at least 4 members (excludes halogenated alkanes) is 2. The zero-order valence-corrected chi connectivity index (χ0v) is 19.8. The van der Waals surface area contributed by atoms with Gasteiger partial charge < -0.3 is 4.74 Å². The molecule has 2 saturated carbocycles. The van der Waals surface area contributed by atoms with Crippen molar-refractivity contribution in [3.63, 3.8) is 0 Å². The molecule has 3 rings (SSSR count). The molecule has 0 atom stereocenters. The summed E-state index contributed by atoms with van der Waals surface area (Å²) in [5, 5.41) is 8.44. The molecule has 0 aromatic heterocycles. The van der Waals surface area contributed by atoms with Crippen molar-refractivity contribution in [2.75, 3.05) is 6.61 Å². The lowest BCUT2D eigenvalue weighted by atomic mass is 9.78. The van der Waals surface area contributed by atoms with Crippen molar-refractivity contribution in [1.29, 1.82) is 5.26 Å². The number of benzene rings is 1. The molecular weight excluding hydrogens is 397 g/mol. The van der Waals surface area contributed by atoms with Gasteiger partial charge in [0.25, 0.3) is 0 Å². The maximum atomic E-state index is 12.8. The molecule has 0 N–H and O–H groups in total. The van der Waals surface area contributed by atoms with Crippen molar-refractivity contribution in [2.45, 2.75) is 96.0 Å². The van der Waals surface area contributed by atoms with E-state index in [0.717, 1.165) is 38.2 Å². The van der Waals surface area contributed by atoms with Gasteiger partial charge in [0.05, 0.1) is 6.10 Å². The maximum Gasteiger partial charge on any atom is 0.199 e. The molecule has 2 nitrogen and oxygen atoms in total. The molecule has 2 fully saturated rings. The molecule has 0 bridgehead atoms. The first-order valence-electron chi connectivity index (χ1n) is 12.8. The van der Waals surface area contributed by atoms with Gasteiger partial charge in [-0.25, -0.2) is 0 Å². The van der Waals surface area contributed by atoms with Gasteiger partial charge in [-0.1, -0.05) is 56.2 Å². The Morgan fingerprint density at radius 2 is 1.75 bits per heavy atom. The Hall–Kier alpha value is -1.92. The summed E-state index contributed by atoms with van der Waals surface area (Å²) < 4.78 is 19.1. The van der Waals surface area contributed by atoms with Gasteiger partial charge in [-0.2, -0.15) is 9.65 Å². The zero-order valence-electron chi connectivity index (χ0n) is 19.8. The quantitative estimate of drug-likeness (QED) is 0.210. The van der Waals surface area contributed by atoms with Crippen LogP contribution < -0.4 is 0 Å².